The Labute approximate surface area is 225 Å². The number of hydrogen-bond donors (Lipinski definition) is 1. The van der Waals surface area contributed by atoms with Crippen LogP contribution in [-0.2, 0) is 19.9 Å². The molecule has 1 aliphatic heterocycles. The summed E-state index contributed by atoms with van der Waals surface area (Å²) in [5.74, 6) is 2.01. The molecule has 0 saturated carbocycles. The van der Waals surface area contributed by atoms with Gasteiger partial charge in [0.15, 0.2) is 0 Å². The van der Waals surface area contributed by atoms with Crippen LogP contribution < -0.4 is 15.0 Å². The number of anilines is 3. The summed E-state index contributed by atoms with van der Waals surface area (Å²) < 4.78 is 7.84. The van der Waals surface area contributed by atoms with Gasteiger partial charge in [-0.3, -0.25) is 4.68 Å². The van der Waals surface area contributed by atoms with Crippen molar-refractivity contribution in [1.29, 1.82) is 0 Å². The van der Waals surface area contributed by atoms with E-state index in [4.69, 9.17) is 14.8 Å². The summed E-state index contributed by atoms with van der Waals surface area (Å²) in [6.07, 6.45) is 10.7. The van der Waals surface area contributed by atoms with Crippen molar-refractivity contribution < 1.29 is 4.74 Å². The molecule has 3 heterocycles. The minimum atomic E-state index is 0.263. The van der Waals surface area contributed by atoms with E-state index < -0.39 is 0 Å². The normalized spacial score (nSPS) is 21.1. The average molecular weight is 512 g/mol. The Bertz CT molecular complexity index is 1410. The number of benzene rings is 1. The Hall–Kier alpha value is -3.65. The van der Waals surface area contributed by atoms with Gasteiger partial charge in [-0.15, -0.1) is 0 Å². The van der Waals surface area contributed by atoms with Crippen molar-refractivity contribution in [1.82, 2.24) is 24.6 Å². The average Bonchev–Trinajstić information content (AvgIpc) is 3.25. The van der Waals surface area contributed by atoms with Crippen LogP contribution in [0.15, 0.2) is 48.2 Å². The largest absolute Gasteiger partial charge is 0.494 e. The predicted molar refractivity (Wildman–Crippen MR) is 152 cm³/mol. The highest BCUT2D eigenvalue weighted by molar-refractivity contribution is 5.74. The fraction of sp³-hybridized carbons (Fsp3) is 0.433. The van der Waals surface area contributed by atoms with Gasteiger partial charge in [-0.2, -0.15) is 5.10 Å². The van der Waals surface area contributed by atoms with Crippen molar-refractivity contribution >= 4 is 17.3 Å². The number of rotatable bonds is 5. The summed E-state index contributed by atoms with van der Waals surface area (Å²) in [7, 11) is 5.95. The van der Waals surface area contributed by atoms with E-state index in [1.54, 1.807) is 7.11 Å². The predicted octanol–water partition coefficient (Wildman–Crippen LogP) is 4.72. The molecule has 8 heteroatoms. The van der Waals surface area contributed by atoms with Crippen LogP contribution >= 0.6 is 0 Å². The van der Waals surface area contributed by atoms with Crippen molar-refractivity contribution in [3.63, 3.8) is 0 Å². The number of nitrogens with one attached hydrogen (secondary N) is 1. The molecule has 8 nitrogen and oxygen atoms in total. The second kappa shape index (κ2) is 9.91. The second-order valence-electron chi connectivity index (χ2n) is 10.9. The highest BCUT2D eigenvalue weighted by atomic mass is 16.5. The zero-order valence-corrected chi connectivity index (χ0v) is 23.0. The van der Waals surface area contributed by atoms with E-state index in [1.807, 2.05) is 6.20 Å². The quantitative estimate of drug-likeness (QED) is 0.532. The zero-order chi connectivity index (χ0) is 26.4. The Balaban J connectivity index is 1.32. The maximum absolute atomic E-state index is 5.78. The molecule has 38 heavy (non-hydrogen) atoms. The van der Waals surface area contributed by atoms with E-state index in [2.05, 4.69) is 89.2 Å². The molecule has 0 amide bonds. The minimum Gasteiger partial charge on any atom is -0.494 e. The number of ether oxygens (including phenoxy) is 1. The maximum Gasteiger partial charge on any atom is 0.227 e. The van der Waals surface area contributed by atoms with Gasteiger partial charge in [0, 0.05) is 62.7 Å². The first-order valence-corrected chi connectivity index (χ1v) is 13.6. The summed E-state index contributed by atoms with van der Waals surface area (Å²) in [6.45, 7) is 8.60. The fourth-order valence-corrected chi connectivity index (χ4v) is 6.04. The van der Waals surface area contributed by atoms with E-state index in [1.165, 1.54) is 28.1 Å². The number of fused-ring (bicyclic) bond motifs is 3. The van der Waals surface area contributed by atoms with Crippen LogP contribution in [-0.4, -0.2) is 65.0 Å². The molecule has 0 radical (unpaired) electrons. The van der Waals surface area contributed by atoms with Gasteiger partial charge in [0.1, 0.15) is 5.75 Å². The topological polar surface area (TPSA) is 71.3 Å². The molecule has 198 valence electrons. The van der Waals surface area contributed by atoms with E-state index >= 15 is 0 Å². The molecule has 1 fully saturated rings. The molecule has 1 N–H and O–H groups in total. The molecule has 3 aromatic rings. The molecular weight excluding hydrogens is 474 g/mol. The van der Waals surface area contributed by atoms with Crippen molar-refractivity contribution in [3.05, 3.63) is 65.1 Å². The number of aryl methyl sites for hydroxylation is 3. The highest BCUT2D eigenvalue weighted by Gasteiger charge is 2.32. The number of methoxy groups -OCH3 is 1. The number of hydrogen-bond acceptors (Lipinski definition) is 7. The lowest BCUT2D eigenvalue weighted by molar-refractivity contribution is 0.312. The molecular formula is C30H37N7O. The van der Waals surface area contributed by atoms with Gasteiger partial charge in [-0.1, -0.05) is 30.7 Å². The van der Waals surface area contributed by atoms with Crippen molar-refractivity contribution in [3.8, 4) is 17.0 Å². The fourth-order valence-electron chi connectivity index (χ4n) is 6.04. The summed E-state index contributed by atoms with van der Waals surface area (Å²) >= 11 is 0. The molecule has 2 aliphatic carbocycles. The Morgan fingerprint density at radius 2 is 1.89 bits per heavy atom. The first-order chi connectivity index (χ1) is 18.4. The molecule has 2 atom stereocenters. The molecule has 2 unspecified atom stereocenters. The van der Waals surface area contributed by atoms with Gasteiger partial charge in [-0.05, 0) is 50.4 Å². The number of aromatic nitrogens is 4. The van der Waals surface area contributed by atoms with Crippen LogP contribution in [0.25, 0.3) is 11.3 Å². The third-order valence-corrected chi connectivity index (χ3v) is 8.17. The van der Waals surface area contributed by atoms with Crippen molar-refractivity contribution in [2.75, 3.05) is 50.6 Å². The van der Waals surface area contributed by atoms with E-state index in [0.29, 0.717) is 11.9 Å². The van der Waals surface area contributed by atoms with Crippen molar-refractivity contribution in [2.24, 2.45) is 13.0 Å². The third-order valence-electron chi connectivity index (χ3n) is 8.17. The maximum atomic E-state index is 5.78. The number of likely N-dealkylation sites (N-methyl/N-ethyl adjacent to an activating group) is 1. The van der Waals surface area contributed by atoms with E-state index in [9.17, 15) is 0 Å². The molecule has 0 bridgehead atoms. The van der Waals surface area contributed by atoms with Crippen LogP contribution in [0.2, 0.25) is 0 Å². The monoisotopic (exact) mass is 511 g/mol. The number of piperazine rings is 1. The first-order valence-electron chi connectivity index (χ1n) is 13.6. The summed E-state index contributed by atoms with van der Waals surface area (Å²) in [5.41, 5.74) is 9.04. The van der Waals surface area contributed by atoms with Crippen LogP contribution in [0.1, 0.15) is 36.7 Å². The molecule has 3 aliphatic rings. The second-order valence-corrected chi connectivity index (χ2v) is 10.9. The Morgan fingerprint density at radius 1 is 1.08 bits per heavy atom. The van der Waals surface area contributed by atoms with E-state index in [0.717, 1.165) is 61.8 Å². The molecule has 0 spiro atoms. The standard InChI is InChI=1S/C30H37N7O/c1-19-6-9-23(20(2)16-19)29-27-25(34-36(29)4)10-7-21-18-31-30(33-28(21)27)32-24-11-8-22(17-26(24)38-5)37-14-12-35(3)13-15-37/h6,8-9,11,16-18,20,23H,7,10,12-15H2,1-5H3,(H,31,32,33). The third kappa shape index (κ3) is 4.47. The van der Waals surface area contributed by atoms with E-state index in [-0.39, 0.29) is 5.92 Å². The zero-order valence-electron chi connectivity index (χ0n) is 23.0. The number of allylic oxidation sites excluding steroid dienone is 4. The lowest BCUT2D eigenvalue weighted by Crippen LogP contribution is -2.44. The highest BCUT2D eigenvalue weighted by Crippen LogP contribution is 2.42. The van der Waals surface area contributed by atoms with Gasteiger partial charge in [0.25, 0.3) is 0 Å². The Morgan fingerprint density at radius 3 is 2.66 bits per heavy atom. The van der Waals surface area contributed by atoms with Crippen LogP contribution in [0.4, 0.5) is 17.3 Å². The summed E-state index contributed by atoms with van der Waals surface area (Å²) in [6, 6.07) is 6.33. The lowest BCUT2D eigenvalue weighted by atomic mass is 9.81. The van der Waals surface area contributed by atoms with Gasteiger partial charge in [0.2, 0.25) is 5.95 Å². The molecule has 1 saturated heterocycles. The van der Waals surface area contributed by atoms with Gasteiger partial charge in [0.05, 0.1) is 29.9 Å². The molecule has 2 aromatic heterocycles. The number of nitrogens with zero attached hydrogens (tertiary/aromatic N) is 6. The van der Waals surface area contributed by atoms with Crippen LogP contribution in [0.3, 0.4) is 0 Å². The van der Waals surface area contributed by atoms with Gasteiger partial charge >= 0.3 is 0 Å². The summed E-state index contributed by atoms with van der Waals surface area (Å²) in [5, 5.41) is 8.37. The molecule has 6 rings (SSSR count). The van der Waals surface area contributed by atoms with Crippen LogP contribution in [0, 0.1) is 5.92 Å². The first kappa shape index (κ1) is 24.7. The molecule has 1 aromatic carbocycles. The van der Waals surface area contributed by atoms with Gasteiger partial charge in [-0.25, -0.2) is 9.97 Å². The minimum absolute atomic E-state index is 0.263. The smallest absolute Gasteiger partial charge is 0.227 e. The van der Waals surface area contributed by atoms with Crippen LogP contribution in [0.5, 0.6) is 5.75 Å². The summed E-state index contributed by atoms with van der Waals surface area (Å²) in [4.78, 5) is 14.5. The van der Waals surface area contributed by atoms with Gasteiger partial charge < -0.3 is 19.9 Å². The lowest BCUT2D eigenvalue weighted by Gasteiger charge is -2.34. The Kier molecular flexibility index (Phi) is 6.43. The SMILES string of the molecule is COc1cc(N2CCN(C)CC2)ccc1Nc1ncc2c(n1)-c1c(nn(C)c1C1C=CC(C)=CC1C)CC2. The van der Waals surface area contributed by atoms with Crippen molar-refractivity contribution in [2.45, 2.75) is 32.6 Å².